The number of aromatic nitrogens is 2. The molecule has 0 bridgehead atoms. The van der Waals surface area contributed by atoms with Gasteiger partial charge in [0.05, 0.1) is 0 Å². The standard InChI is InChI=1S/C19H22N4O3/c24-18(17-13-25-15-4-1-2-5-16(15)26-17)22-12-14-6-10-23(11-7-14)19-20-8-3-9-21-19/h1-5,8-9,14,17H,6-7,10-13H2,(H,22,24)/t17-/m1/s1. The molecule has 26 heavy (non-hydrogen) atoms. The van der Waals surface area contributed by atoms with Crippen molar-refractivity contribution in [1.82, 2.24) is 15.3 Å². The fraction of sp³-hybridized carbons (Fsp3) is 0.421. The van der Waals surface area contributed by atoms with E-state index in [2.05, 4.69) is 20.2 Å². The number of fused-ring (bicyclic) bond motifs is 1. The molecule has 1 atom stereocenters. The van der Waals surface area contributed by atoms with Crippen LogP contribution in [0.4, 0.5) is 5.95 Å². The Morgan fingerprint density at radius 2 is 1.85 bits per heavy atom. The van der Waals surface area contributed by atoms with Crippen LogP contribution in [0.15, 0.2) is 42.7 Å². The van der Waals surface area contributed by atoms with E-state index in [-0.39, 0.29) is 12.5 Å². The second kappa shape index (κ2) is 7.59. The van der Waals surface area contributed by atoms with Crippen molar-refractivity contribution in [1.29, 1.82) is 0 Å². The number of benzene rings is 1. The minimum atomic E-state index is -0.595. The van der Waals surface area contributed by atoms with E-state index in [1.807, 2.05) is 30.3 Å². The van der Waals surface area contributed by atoms with Crippen LogP contribution in [0.5, 0.6) is 11.5 Å². The molecule has 7 heteroatoms. The monoisotopic (exact) mass is 354 g/mol. The van der Waals surface area contributed by atoms with E-state index in [0.717, 1.165) is 31.9 Å². The molecule has 0 saturated carbocycles. The Kier molecular flexibility index (Phi) is 4.86. The molecule has 1 saturated heterocycles. The highest BCUT2D eigenvalue weighted by Gasteiger charge is 2.28. The van der Waals surface area contributed by atoms with E-state index in [1.165, 1.54) is 0 Å². The highest BCUT2D eigenvalue weighted by Crippen LogP contribution is 2.30. The highest BCUT2D eigenvalue weighted by molar-refractivity contribution is 5.81. The van der Waals surface area contributed by atoms with Gasteiger partial charge in [0.25, 0.3) is 5.91 Å². The molecular formula is C19H22N4O3. The normalized spacial score (nSPS) is 19.8. The van der Waals surface area contributed by atoms with Crippen LogP contribution in [0, 0.1) is 5.92 Å². The smallest absolute Gasteiger partial charge is 0.264 e. The number of nitrogens with one attached hydrogen (secondary N) is 1. The number of anilines is 1. The Morgan fingerprint density at radius 1 is 1.12 bits per heavy atom. The number of carbonyl (C=O) groups is 1. The molecule has 0 spiro atoms. The average Bonchev–Trinajstić information content (AvgIpc) is 2.72. The second-order valence-electron chi connectivity index (χ2n) is 6.59. The van der Waals surface area contributed by atoms with Crippen molar-refractivity contribution in [2.75, 3.05) is 31.1 Å². The number of carbonyl (C=O) groups excluding carboxylic acids is 1. The Labute approximate surface area is 152 Å². The summed E-state index contributed by atoms with van der Waals surface area (Å²) < 4.78 is 11.4. The first-order valence-electron chi connectivity index (χ1n) is 8.98. The first kappa shape index (κ1) is 16.6. The van der Waals surface area contributed by atoms with Gasteiger partial charge in [0.1, 0.15) is 6.61 Å². The SMILES string of the molecule is O=C(NCC1CCN(c2ncccn2)CC1)[C@H]1COc2ccccc2O1. The lowest BCUT2D eigenvalue weighted by Crippen LogP contribution is -2.46. The summed E-state index contributed by atoms with van der Waals surface area (Å²) in [6.45, 7) is 2.71. The number of hydrogen-bond donors (Lipinski definition) is 1. The van der Waals surface area contributed by atoms with Crippen LogP contribution < -0.4 is 19.7 Å². The Morgan fingerprint density at radius 3 is 2.62 bits per heavy atom. The van der Waals surface area contributed by atoms with Gasteiger partial charge in [0.2, 0.25) is 12.1 Å². The molecule has 7 nitrogen and oxygen atoms in total. The third kappa shape index (κ3) is 3.71. The van der Waals surface area contributed by atoms with Crippen LogP contribution in [0.3, 0.4) is 0 Å². The molecule has 1 fully saturated rings. The molecule has 2 aliphatic heterocycles. The van der Waals surface area contributed by atoms with E-state index in [0.29, 0.717) is 24.0 Å². The van der Waals surface area contributed by atoms with Gasteiger partial charge < -0.3 is 19.7 Å². The molecule has 2 aliphatic rings. The third-order valence-electron chi connectivity index (χ3n) is 4.82. The zero-order valence-electron chi connectivity index (χ0n) is 14.5. The number of ether oxygens (including phenoxy) is 2. The van der Waals surface area contributed by atoms with Crippen molar-refractivity contribution in [3.05, 3.63) is 42.7 Å². The van der Waals surface area contributed by atoms with Crippen LogP contribution in [-0.4, -0.2) is 48.2 Å². The molecule has 1 amide bonds. The summed E-state index contributed by atoms with van der Waals surface area (Å²) in [4.78, 5) is 23.2. The Hall–Kier alpha value is -2.83. The topological polar surface area (TPSA) is 76.6 Å². The van der Waals surface area contributed by atoms with Crippen molar-refractivity contribution in [2.45, 2.75) is 18.9 Å². The maximum Gasteiger partial charge on any atom is 0.264 e. The molecule has 0 unspecified atom stereocenters. The van der Waals surface area contributed by atoms with Crippen molar-refractivity contribution in [3.8, 4) is 11.5 Å². The zero-order valence-corrected chi connectivity index (χ0v) is 14.5. The Balaban J connectivity index is 1.23. The van der Waals surface area contributed by atoms with Crippen LogP contribution in [0.25, 0.3) is 0 Å². The minimum Gasteiger partial charge on any atom is -0.485 e. The first-order chi connectivity index (χ1) is 12.8. The van der Waals surface area contributed by atoms with Gasteiger partial charge in [-0.2, -0.15) is 0 Å². The number of hydrogen-bond acceptors (Lipinski definition) is 6. The number of piperidine rings is 1. The van der Waals surface area contributed by atoms with Gasteiger partial charge in [0.15, 0.2) is 11.5 Å². The van der Waals surface area contributed by atoms with Crippen LogP contribution in [0.1, 0.15) is 12.8 Å². The lowest BCUT2D eigenvalue weighted by Gasteiger charge is -2.32. The summed E-state index contributed by atoms with van der Waals surface area (Å²) in [5, 5.41) is 3.01. The third-order valence-corrected chi connectivity index (χ3v) is 4.82. The van der Waals surface area contributed by atoms with E-state index < -0.39 is 6.10 Å². The molecule has 1 aromatic carbocycles. The van der Waals surface area contributed by atoms with Gasteiger partial charge in [-0.3, -0.25) is 4.79 Å². The number of rotatable bonds is 4. The minimum absolute atomic E-state index is 0.117. The molecule has 1 aromatic heterocycles. The number of nitrogens with zero attached hydrogens (tertiary/aromatic N) is 3. The summed E-state index contributed by atoms with van der Waals surface area (Å²) in [5.41, 5.74) is 0. The maximum atomic E-state index is 12.4. The largest absolute Gasteiger partial charge is 0.485 e. The molecule has 3 heterocycles. The summed E-state index contributed by atoms with van der Waals surface area (Å²) >= 11 is 0. The van der Waals surface area contributed by atoms with E-state index in [4.69, 9.17) is 9.47 Å². The molecular weight excluding hydrogens is 332 g/mol. The fourth-order valence-corrected chi connectivity index (χ4v) is 3.30. The summed E-state index contributed by atoms with van der Waals surface area (Å²) in [6.07, 6.45) is 4.94. The van der Waals surface area contributed by atoms with Crippen LogP contribution >= 0.6 is 0 Å². The fourth-order valence-electron chi connectivity index (χ4n) is 3.30. The molecule has 136 valence electrons. The van der Waals surface area contributed by atoms with Gasteiger partial charge >= 0.3 is 0 Å². The molecule has 0 aliphatic carbocycles. The van der Waals surface area contributed by atoms with E-state index >= 15 is 0 Å². The maximum absolute atomic E-state index is 12.4. The predicted octanol–water partition coefficient (Wildman–Crippen LogP) is 1.65. The van der Waals surface area contributed by atoms with Crippen molar-refractivity contribution in [3.63, 3.8) is 0 Å². The van der Waals surface area contributed by atoms with Gasteiger partial charge in [-0.1, -0.05) is 12.1 Å². The summed E-state index contributed by atoms with van der Waals surface area (Å²) in [7, 11) is 0. The van der Waals surface area contributed by atoms with Crippen molar-refractivity contribution in [2.24, 2.45) is 5.92 Å². The number of amides is 1. The van der Waals surface area contributed by atoms with Crippen LogP contribution in [0.2, 0.25) is 0 Å². The first-order valence-corrected chi connectivity index (χ1v) is 8.98. The van der Waals surface area contributed by atoms with Gasteiger partial charge in [-0.25, -0.2) is 9.97 Å². The lowest BCUT2D eigenvalue weighted by atomic mass is 9.97. The van der Waals surface area contributed by atoms with Gasteiger partial charge in [-0.15, -0.1) is 0 Å². The van der Waals surface area contributed by atoms with Crippen LogP contribution in [-0.2, 0) is 4.79 Å². The molecule has 4 rings (SSSR count). The quantitative estimate of drug-likeness (QED) is 0.900. The molecule has 1 N–H and O–H groups in total. The molecule has 2 aromatic rings. The molecule has 0 radical (unpaired) electrons. The predicted molar refractivity (Wildman–Crippen MR) is 96.3 cm³/mol. The number of para-hydroxylation sites is 2. The second-order valence-corrected chi connectivity index (χ2v) is 6.59. The van der Waals surface area contributed by atoms with Crippen molar-refractivity contribution < 1.29 is 14.3 Å². The Bertz CT molecular complexity index is 747. The van der Waals surface area contributed by atoms with Crippen molar-refractivity contribution >= 4 is 11.9 Å². The highest BCUT2D eigenvalue weighted by atomic mass is 16.6. The average molecular weight is 354 g/mol. The van der Waals surface area contributed by atoms with E-state index in [1.54, 1.807) is 12.4 Å². The van der Waals surface area contributed by atoms with E-state index in [9.17, 15) is 4.79 Å². The summed E-state index contributed by atoms with van der Waals surface area (Å²) in [5.74, 6) is 2.42. The van der Waals surface area contributed by atoms with Gasteiger partial charge in [0, 0.05) is 32.0 Å². The van der Waals surface area contributed by atoms with Gasteiger partial charge in [-0.05, 0) is 37.0 Å². The lowest BCUT2D eigenvalue weighted by molar-refractivity contribution is -0.130. The zero-order chi connectivity index (χ0) is 17.8. The summed E-state index contributed by atoms with van der Waals surface area (Å²) in [6, 6.07) is 9.23.